The summed E-state index contributed by atoms with van der Waals surface area (Å²) < 4.78 is 26.9. The van der Waals surface area contributed by atoms with E-state index in [9.17, 15) is 18.3 Å². The molecule has 0 bridgehead atoms. The van der Waals surface area contributed by atoms with Crippen molar-refractivity contribution in [3.05, 3.63) is 29.3 Å². The molecule has 1 amide bonds. The van der Waals surface area contributed by atoms with E-state index in [-0.39, 0.29) is 22.8 Å². The van der Waals surface area contributed by atoms with Crippen LogP contribution in [0.15, 0.2) is 29.2 Å². The number of sulfonamides is 1. The third-order valence-electron chi connectivity index (χ3n) is 5.79. The van der Waals surface area contributed by atoms with Gasteiger partial charge in [-0.05, 0) is 49.9 Å². The van der Waals surface area contributed by atoms with Gasteiger partial charge in [0.1, 0.15) is 0 Å². The lowest BCUT2D eigenvalue weighted by Crippen LogP contribution is -2.50. The molecule has 1 aliphatic carbocycles. The zero-order valence-electron chi connectivity index (χ0n) is 15.6. The quantitative estimate of drug-likeness (QED) is 0.821. The maximum Gasteiger partial charge on any atom is 0.243 e. The molecule has 2 atom stereocenters. The highest BCUT2D eigenvalue weighted by molar-refractivity contribution is 7.89. The first-order valence-electron chi connectivity index (χ1n) is 9.51. The second-order valence-electron chi connectivity index (χ2n) is 7.50. The SMILES string of the molecule is CN(C(=O)C1CCN(S(=O)(=O)c2ccc(Cl)cc2)CC1)C1CCCCC1O. The Bertz CT molecular complexity index is 760. The second-order valence-corrected chi connectivity index (χ2v) is 9.87. The van der Waals surface area contributed by atoms with E-state index in [0.29, 0.717) is 31.0 Å². The van der Waals surface area contributed by atoms with Gasteiger partial charge < -0.3 is 10.0 Å². The summed E-state index contributed by atoms with van der Waals surface area (Å²) in [6, 6.07) is 6.02. The van der Waals surface area contributed by atoms with E-state index in [1.165, 1.54) is 16.4 Å². The van der Waals surface area contributed by atoms with Crippen LogP contribution in [-0.2, 0) is 14.8 Å². The number of hydrogen-bond acceptors (Lipinski definition) is 4. The molecule has 1 aromatic carbocycles. The van der Waals surface area contributed by atoms with E-state index in [1.54, 1.807) is 24.1 Å². The lowest BCUT2D eigenvalue weighted by Gasteiger charge is -2.38. The lowest BCUT2D eigenvalue weighted by molar-refractivity contribution is -0.141. The fourth-order valence-electron chi connectivity index (χ4n) is 4.09. The van der Waals surface area contributed by atoms with Gasteiger partial charge >= 0.3 is 0 Å². The third kappa shape index (κ3) is 4.47. The number of halogens is 1. The third-order valence-corrected chi connectivity index (χ3v) is 7.96. The lowest BCUT2D eigenvalue weighted by atomic mass is 9.89. The number of amides is 1. The number of rotatable bonds is 4. The van der Waals surface area contributed by atoms with Gasteiger partial charge in [-0.15, -0.1) is 0 Å². The summed E-state index contributed by atoms with van der Waals surface area (Å²) in [5, 5.41) is 10.7. The highest BCUT2D eigenvalue weighted by Gasteiger charge is 2.36. The van der Waals surface area contributed by atoms with Crippen molar-refractivity contribution in [2.24, 2.45) is 5.92 Å². The molecule has 3 rings (SSSR count). The predicted octanol–water partition coefficient (Wildman–Crippen LogP) is 2.50. The van der Waals surface area contributed by atoms with Crippen molar-refractivity contribution < 1.29 is 18.3 Å². The van der Waals surface area contributed by atoms with Crippen LogP contribution in [0, 0.1) is 5.92 Å². The number of piperidine rings is 1. The second kappa shape index (κ2) is 8.47. The van der Waals surface area contributed by atoms with E-state index in [2.05, 4.69) is 0 Å². The van der Waals surface area contributed by atoms with Gasteiger partial charge in [0.2, 0.25) is 15.9 Å². The molecular formula is C19H27ClN2O4S. The van der Waals surface area contributed by atoms with Crippen molar-refractivity contribution in [2.75, 3.05) is 20.1 Å². The largest absolute Gasteiger partial charge is 0.391 e. The predicted molar refractivity (Wildman–Crippen MR) is 104 cm³/mol. The monoisotopic (exact) mass is 414 g/mol. The van der Waals surface area contributed by atoms with Crippen molar-refractivity contribution in [3.63, 3.8) is 0 Å². The van der Waals surface area contributed by atoms with Crippen LogP contribution >= 0.6 is 11.6 Å². The average Bonchev–Trinajstić information content (AvgIpc) is 2.68. The van der Waals surface area contributed by atoms with Gasteiger partial charge in [-0.1, -0.05) is 24.4 Å². The van der Waals surface area contributed by atoms with Crippen LogP contribution in [0.4, 0.5) is 0 Å². The molecule has 8 heteroatoms. The Kier molecular flexibility index (Phi) is 6.46. The summed E-state index contributed by atoms with van der Waals surface area (Å²) in [6.07, 6.45) is 4.13. The summed E-state index contributed by atoms with van der Waals surface area (Å²) in [7, 11) is -1.81. The van der Waals surface area contributed by atoms with Crippen LogP contribution in [0.5, 0.6) is 0 Å². The van der Waals surface area contributed by atoms with Crippen molar-refractivity contribution in [1.29, 1.82) is 0 Å². The standard InChI is InChI=1S/C19H27ClN2O4S/c1-21(17-4-2-3-5-18(17)23)19(24)14-10-12-22(13-11-14)27(25,26)16-8-6-15(20)7-9-16/h6-9,14,17-18,23H,2-5,10-13H2,1H3. The van der Waals surface area contributed by atoms with E-state index in [4.69, 9.17) is 11.6 Å². The Morgan fingerprint density at radius 3 is 2.30 bits per heavy atom. The number of hydrogen-bond donors (Lipinski definition) is 1. The minimum absolute atomic E-state index is 0.0180. The number of aliphatic hydroxyl groups is 1. The Balaban J connectivity index is 1.61. The van der Waals surface area contributed by atoms with E-state index in [0.717, 1.165) is 25.7 Å². The fraction of sp³-hybridized carbons (Fsp3) is 0.632. The van der Waals surface area contributed by atoms with Gasteiger partial charge in [0, 0.05) is 31.1 Å². The summed E-state index contributed by atoms with van der Waals surface area (Å²) in [6.45, 7) is 0.644. The summed E-state index contributed by atoms with van der Waals surface area (Å²) >= 11 is 5.84. The van der Waals surface area contributed by atoms with Gasteiger partial charge in [0.15, 0.2) is 0 Å². The van der Waals surface area contributed by atoms with Crippen molar-refractivity contribution in [1.82, 2.24) is 9.21 Å². The molecule has 2 aliphatic rings. The summed E-state index contributed by atoms with van der Waals surface area (Å²) in [5.74, 6) is -0.176. The number of carbonyl (C=O) groups is 1. The van der Waals surface area contributed by atoms with E-state index in [1.807, 2.05) is 0 Å². The van der Waals surface area contributed by atoms with Crippen LogP contribution < -0.4 is 0 Å². The van der Waals surface area contributed by atoms with E-state index >= 15 is 0 Å². The number of carbonyl (C=O) groups excluding carboxylic acids is 1. The van der Waals surface area contributed by atoms with Crippen molar-refractivity contribution in [3.8, 4) is 0 Å². The smallest absolute Gasteiger partial charge is 0.243 e. The molecule has 0 spiro atoms. The molecule has 0 radical (unpaired) electrons. The number of nitrogens with zero attached hydrogens (tertiary/aromatic N) is 2. The molecule has 1 saturated carbocycles. The molecule has 1 aromatic rings. The molecule has 1 aliphatic heterocycles. The van der Waals surface area contributed by atoms with Crippen LogP contribution in [0.3, 0.4) is 0 Å². The van der Waals surface area contributed by atoms with Gasteiger partial charge in [-0.2, -0.15) is 4.31 Å². The molecule has 2 unspecified atom stereocenters. The molecule has 27 heavy (non-hydrogen) atoms. The molecule has 0 aromatic heterocycles. The molecule has 1 saturated heterocycles. The Hall–Kier alpha value is -1.15. The zero-order valence-corrected chi connectivity index (χ0v) is 17.1. The molecule has 1 N–H and O–H groups in total. The molecular weight excluding hydrogens is 388 g/mol. The number of aliphatic hydroxyl groups excluding tert-OH is 1. The Morgan fingerprint density at radius 1 is 1.11 bits per heavy atom. The first-order chi connectivity index (χ1) is 12.8. The van der Waals surface area contributed by atoms with Crippen molar-refractivity contribution >= 4 is 27.5 Å². The minimum atomic E-state index is -3.57. The number of benzene rings is 1. The Morgan fingerprint density at radius 2 is 1.70 bits per heavy atom. The van der Waals surface area contributed by atoms with Crippen molar-refractivity contribution in [2.45, 2.75) is 55.6 Å². The van der Waals surface area contributed by atoms with Crippen LogP contribution in [0.25, 0.3) is 0 Å². The summed E-state index contributed by atoms with van der Waals surface area (Å²) in [4.78, 5) is 14.8. The average molecular weight is 415 g/mol. The Labute approximate surface area is 166 Å². The minimum Gasteiger partial charge on any atom is -0.391 e. The van der Waals surface area contributed by atoms with Gasteiger partial charge in [-0.25, -0.2) is 8.42 Å². The highest BCUT2D eigenvalue weighted by Crippen LogP contribution is 2.28. The normalized spacial score (nSPS) is 25.3. The molecule has 2 fully saturated rings. The molecule has 6 nitrogen and oxygen atoms in total. The van der Waals surface area contributed by atoms with Gasteiger partial charge in [0.25, 0.3) is 0 Å². The van der Waals surface area contributed by atoms with Gasteiger partial charge in [0.05, 0.1) is 17.0 Å². The zero-order chi connectivity index (χ0) is 19.6. The number of likely N-dealkylation sites (N-methyl/N-ethyl adjacent to an activating group) is 1. The highest BCUT2D eigenvalue weighted by atomic mass is 35.5. The van der Waals surface area contributed by atoms with Crippen LogP contribution in [0.1, 0.15) is 38.5 Å². The first-order valence-corrected chi connectivity index (χ1v) is 11.3. The maximum atomic E-state index is 12.8. The molecule has 150 valence electrons. The van der Waals surface area contributed by atoms with Crippen LogP contribution in [-0.4, -0.2) is 60.9 Å². The van der Waals surface area contributed by atoms with Crippen LogP contribution in [0.2, 0.25) is 5.02 Å². The topological polar surface area (TPSA) is 77.9 Å². The van der Waals surface area contributed by atoms with E-state index < -0.39 is 16.1 Å². The first kappa shape index (κ1) is 20.6. The fourth-order valence-corrected chi connectivity index (χ4v) is 5.69. The van der Waals surface area contributed by atoms with Gasteiger partial charge in [-0.3, -0.25) is 4.79 Å². The maximum absolute atomic E-state index is 12.8. The summed E-state index contributed by atoms with van der Waals surface area (Å²) in [5.41, 5.74) is 0. The molecule has 1 heterocycles.